The van der Waals surface area contributed by atoms with Crippen molar-refractivity contribution >= 4 is 45.1 Å². The summed E-state index contributed by atoms with van der Waals surface area (Å²) in [7, 11) is -3.98. The first-order valence-corrected chi connectivity index (χ1v) is 21.3. The van der Waals surface area contributed by atoms with Gasteiger partial charge in [0.25, 0.3) is 0 Å². The van der Waals surface area contributed by atoms with Crippen molar-refractivity contribution in [3.05, 3.63) is 140 Å². The van der Waals surface area contributed by atoms with E-state index in [1.54, 1.807) is 74.6 Å². The van der Waals surface area contributed by atoms with Crippen LogP contribution in [0, 0.1) is 13.8 Å². The summed E-state index contributed by atoms with van der Waals surface area (Å²) in [5, 5.41) is 12.9. The molecule has 0 aliphatic carbocycles. The second-order valence-electron chi connectivity index (χ2n) is 14.8. The normalized spacial score (nSPS) is 16.9. The topological polar surface area (TPSA) is 154 Å². The van der Waals surface area contributed by atoms with E-state index in [2.05, 4.69) is 10.3 Å². The molecule has 2 aliphatic rings. The van der Waals surface area contributed by atoms with Gasteiger partial charge in [-0.3, -0.25) is 9.78 Å². The molecule has 4 aromatic carbocycles. The molecule has 2 N–H and O–H groups in total. The summed E-state index contributed by atoms with van der Waals surface area (Å²) in [6, 6.07) is 22.5. The van der Waals surface area contributed by atoms with E-state index in [1.807, 2.05) is 44.2 Å². The fraction of sp³-hybridized carbons (Fsp3) is 0.295. The van der Waals surface area contributed by atoms with E-state index in [0.29, 0.717) is 62.1 Å². The first-order valence-electron chi connectivity index (χ1n) is 19.0. The number of carbonyl (C=O) groups is 2. The number of nitrogens with zero attached hydrogens (tertiary/aromatic N) is 2. The standard InChI is InChI=1S/C44H43Cl2N3O9S/c1-25(2)59(53,54)49-22-32-21-41-40(56-24-42(58-41)30-8-12-33(13-9-30)55-23-29-7-14-35(45)36(46)17-29)20-31(32)19-38(49)43(50)48-37(44(51)52)18-28-5-10-34(11-6-28)57-39-15-16-47-27(4)26(39)3/h5-17,20-21,25,37-38,42H,18-19,22-24H2,1-4H3,(H,48,50)(H,51,52)/t37-,38-,42+/m0/s1. The average Bonchev–Trinajstić information content (AvgIpc) is 3.22. The highest BCUT2D eigenvalue weighted by Gasteiger charge is 2.42. The van der Waals surface area contributed by atoms with Crippen molar-refractivity contribution in [2.45, 2.75) is 77.1 Å². The zero-order valence-electron chi connectivity index (χ0n) is 32.8. The Morgan fingerprint density at radius 2 is 1.61 bits per heavy atom. The largest absolute Gasteiger partial charge is 0.489 e. The van der Waals surface area contributed by atoms with Gasteiger partial charge in [-0.1, -0.05) is 53.5 Å². The number of nitrogens with one attached hydrogen (secondary N) is 1. The summed E-state index contributed by atoms with van der Waals surface area (Å²) >= 11 is 12.1. The smallest absolute Gasteiger partial charge is 0.326 e. The summed E-state index contributed by atoms with van der Waals surface area (Å²) in [4.78, 5) is 30.7. The number of ether oxygens (including phenoxy) is 4. The molecule has 5 aromatic rings. The van der Waals surface area contributed by atoms with E-state index in [4.69, 9.17) is 42.1 Å². The van der Waals surface area contributed by atoms with Crippen molar-refractivity contribution in [1.82, 2.24) is 14.6 Å². The van der Waals surface area contributed by atoms with Crippen molar-refractivity contribution in [1.29, 1.82) is 0 Å². The molecule has 1 amide bonds. The number of pyridine rings is 1. The zero-order valence-corrected chi connectivity index (χ0v) is 35.1. The summed E-state index contributed by atoms with van der Waals surface area (Å²) in [6.07, 6.45) is 1.18. The molecule has 0 spiro atoms. The van der Waals surface area contributed by atoms with Crippen LogP contribution in [0.1, 0.15) is 59.0 Å². The highest BCUT2D eigenvalue weighted by atomic mass is 35.5. The minimum Gasteiger partial charge on any atom is -0.489 e. The van der Waals surface area contributed by atoms with E-state index >= 15 is 0 Å². The Morgan fingerprint density at radius 3 is 2.31 bits per heavy atom. The van der Waals surface area contributed by atoms with E-state index in [1.165, 1.54) is 0 Å². The van der Waals surface area contributed by atoms with Crippen molar-refractivity contribution < 1.29 is 42.1 Å². The monoisotopic (exact) mass is 859 g/mol. The van der Waals surface area contributed by atoms with Crippen LogP contribution in [0.4, 0.5) is 0 Å². The number of amides is 1. The maximum absolute atomic E-state index is 14.0. The lowest BCUT2D eigenvalue weighted by molar-refractivity contribution is -0.142. The second-order valence-corrected chi connectivity index (χ2v) is 18.1. The van der Waals surface area contributed by atoms with Gasteiger partial charge in [-0.05, 0) is 117 Å². The minimum absolute atomic E-state index is 0.00312. The number of aryl methyl sites for hydroxylation is 1. The van der Waals surface area contributed by atoms with Crippen molar-refractivity contribution in [3.63, 3.8) is 0 Å². The van der Waals surface area contributed by atoms with Crippen LogP contribution >= 0.6 is 23.2 Å². The SMILES string of the molecule is Cc1nccc(Oc2ccc(C[C@H](NC(=O)[C@@H]3Cc4cc5c(cc4CN3S(=O)(=O)C(C)C)O[C@@H](c3ccc(OCc4ccc(Cl)c(Cl)c4)cc3)CO5)C(=O)O)cc2)c1C. The van der Waals surface area contributed by atoms with E-state index in [0.717, 1.165) is 26.7 Å². The van der Waals surface area contributed by atoms with Crippen LogP contribution in [0.5, 0.6) is 28.7 Å². The van der Waals surface area contributed by atoms with Crippen molar-refractivity contribution in [2.24, 2.45) is 0 Å². The number of carboxylic acids is 1. The number of sulfonamides is 1. The fourth-order valence-corrected chi connectivity index (χ4v) is 8.59. The third kappa shape index (κ3) is 9.44. The van der Waals surface area contributed by atoms with Gasteiger partial charge >= 0.3 is 5.97 Å². The van der Waals surface area contributed by atoms with Crippen molar-refractivity contribution in [3.8, 4) is 28.7 Å². The number of carboxylic acid groups (broad SMARTS) is 1. The summed E-state index contributed by atoms with van der Waals surface area (Å²) in [5.74, 6) is 0.803. The van der Waals surface area contributed by atoms with Crippen LogP contribution < -0.4 is 24.3 Å². The molecule has 12 nitrogen and oxygen atoms in total. The molecule has 0 unspecified atom stereocenters. The molecule has 0 radical (unpaired) electrons. The highest BCUT2D eigenvalue weighted by molar-refractivity contribution is 7.89. The molecule has 0 bridgehead atoms. The molecule has 0 saturated heterocycles. The molecule has 308 valence electrons. The van der Waals surface area contributed by atoms with Gasteiger partial charge in [0.1, 0.15) is 42.5 Å². The van der Waals surface area contributed by atoms with Gasteiger partial charge in [-0.25, -0.2) is 13.2 Å². The number of fused-ring (bicyclic) bond motifs is 2. The first kappa shape index (κ1) is 41.8. The molecule has 0 saturated carbocycles. The van der Waals surface area contributed by atoms with Gasteiger partial charge in [0.05, 0.1) is 15.3 Å². The molecule has 3 atom stereocenters. The van der Waals surface area contributed by atoms with Gasteiger partial charge in [-0.15, -0.1) is 0 Å². The number of hydrogen-bond acceptors (Lipinski definition) is 9. The molecule has 59 heavy (non-hydrogen) atoms. The third-order valence-electron chi connectivity index (χ3n) is 10.5. The molecule has 0 fully saturated rings. The van der Waals surface area contributed by atoms with E-state index in [-0.39, 0.29) is 26.0 Å². The molecule has 2 aliphatic heterocycles. The number of aliphatic carboxylic acids is 1. The molecule has 7 rings (SSSR count). The van der Waals surface area contributed by atoms with Crippen LogP contribution in [0.25, 0.3) is 0 Å². The lowest BCUT2D eigenvalue weighted by atomic mass is 9.94. The summed E-state index contributed by atoms with van der Waals surface area (Å²) in [6.45, 7) is 7.30. The van der Waals surface area contributed by atoms with Crippen molar-refractivity contribution in [2.75, 3.05) is 6.61 Å². The van der Waals surface area contributed by atoms with Crippen LogP contribution in [-0.4, -0.2) is 58.6 Å². The van der Waals surface area contributed by atoms with Crippen LogP contribution in [0.15, 0.2) is 91.1 Å². The van der Waals surface area contributed by atoms with Gasteiger partial charge in [-0.2, -0.15) is 4.31 Å². The van der Waals surface area contributed by atoms with Gasteiger partial charge in [0.2, 0.25) is 15.9 Å². The predicted octanol–water partition coefficient (Wildman–Crippen LogP) is 8.17. The Balaban J connectivity index is 1.04. The third-order valence-corrected chi connectivity index (χ3v) is 13.5. The Hall–Kier alpha value is -5.34. The fourth-order valence-electron chi connectivity index (χ4n) is 6.88. The number of benzene rings is 4. The van der Waals surface area contributed by atoms with E-state index < -0.39 is 45.3 Å². The Kier molecular flexibility index (Phi) is 12.4. The Bertz CT molecular complexity index is 2480. The molecular weight excluding hydrogens is 817 g/mol. The number of aromatic nitrogens is 1. The maximum Gasteiger partial charge on any atom is 0.326 e. The first-order chi connectivity index (χ1) is 28.2. The molecule has 1 aromatic heterocycles. The maximum atomic E-state index is 14.0. The van der Waals surface area contributed by atoms with Crippen LogP contribution in [0.2, 0.25) is 10.0 Å². The lowest BCUT2D eigenvalue weighted by Crippen LogP contribution is -2.56. The van der Waals surface area contributed by atoms with Crippen LogP contribution in [-0.2, 0) is 45.6 Å². The highest BCUT2D eigenvalue weighted by Crippen LogP contribution is 2.41. The van der Waals surface area contributed by atoms with Crippen LogP contribution in [0.3, 0.4) is 0 Å². The molecule has 15 heteroatoms. The predicted molar refractivity (Wildman–Crippen MR) is 223 cm³/mol. The number of rotatable bonds is 13. The number of carbonyl (C=O) groups excluding carboxylic acids is 1. The molecule has 3 heterocycles. The van der Waals surface area contributed by atoms with Gasteiger partial charge < -0.3 is 29.4 Å². The number of halogens is 2. The summed E-state index contributed by atoms with van der Waals surface area (Å²) in [5.41, 5.74) is 5.47. The summed E-state index contributed by atoms with van der Waals surface area (Å²) < 4.78 is 53.2. The van der Waals surface area contributed by atoms with E-state index in [9.17, 15) is 23.1 Å². The molecular formula is C44H43Cl2N3O9S. The zero-order chi connectivity index (χ0) is 42.0. The Morgan fingerprint density at radius 1 is 0.915 bits per heavy atom. The van der Waals surface area contributed by atoms with Gasteiger partial charge in [0.15, 0.2) is 17.6 Å². The van der Waals surface area contributed by atoms with Gasteiger partial charge in [0, 0.05) is 30.4 Å². The Labute approximate surface area is 353 Å². The quantitative estimate of drug-likeness (QED) is 0.119. The lowest BCUT2D eigenvalue weighted by Gasteiger charge is -2.37. The second kappa shape index (κ2) is 17.5. The minimum atomic E-state index is -3.98. The number of hydrogen-bond donors (Lipinski definition) is 2. The average molecular weight is 861 g/mol.